The number of hydrogen-bond acceptors (Lipinski definition) is 4. The molecule has 0 radical (unpaired) electrons. The fourth-order valence-corrected chi connectivity index (χ4v) is 1.67. The van der Waals surface area contributed by atoms with Gasteiger partial charge in [0, 0.05) is 17.7 Å². The molecular weight excluding hydrogens is 270 g/mol. The molecule has 0 saturated heterocycles. The Bertz CT molecular complexity index is 573. The molecular formula is C15H19N3O3. The Hall–Kier alpha value is -2.36. The Labute approximate surface area is 123 Å². The summed E-state index contributed by atoms with van der Waals surface area (Å²) in [6.07, 6.45) is 0. The smallest absolute Gasteiger partial charge is 0.251 e. The molecule has 0 heterocycles. The minimum Gasteiger partial charge on any atom is -0.370 e. The molecule has 21 heavy (non-hydrogen) atoms. The predicted octanol–water partition coefficient (Wildman–Crippen LogP) is -0.463. The Kier molecular flexibility index (Phi) is 6.95. The van der Waals surface area contributed by atoms with Crippen LogP contribution >= 0.6 is 0 Å². The van der Waals surface area contributed by atoms with Crippen molar-refractivity contribution in [1.29, 1.82) is 0 Å². The number of primary amides is 1. The van der Waals surface area contributed by atoms with Crippen LogP contribution in [0, 0.1) is 18.8 Å². The summed E-state index contributed by atoms with van der Waals surface area (Å²) in [7, 11) is 0. The third-order valence-electron chi connectivity index (χ3n) is 2.68. The van der Waals surface area contributed by atoms with E-state index in [4.69, 9.17) is 16.2 Å². The minimum atomic E-state index is -0.539. The van der Waals surface area contributed by atoms with Crippen LogP contribution in [0.1, 0.15) is 21.5 Å². The molecule has 112 valence electrons. The molecule has 1 aromatic rings. The first-order valence-electron chi connectivity index (χ1n) is 6.49. The second-order valence-corrected chi connectivity index (χ2v) is 4.26. The monoisotopic (exact) mass is 289 g/mol. The molecule has 0 fully saturated rings. The number of ether oxygens (including phenoxy) is 1. The zero-order valence-corrected chi connectivity index (χ0v) is 11.9. The highest BCUT2D eigenvalue weighted by Crippen LogP contribution is 2.12. The topological polar surface area (TPSA) is 107 Å². The molecule has 0 aliphatic rings. The zero-order valence-electron chi connectivity index (χ0n) is 11.9. The molecule has 0 aliphatic heterocycles. The Balaban J connectivity index is 2.60. The number of amides is 2. The fraction of sp³-hybridized carbons (Fsp3) is 0.333. The molecule has 1 aromatic carbocycles. The van der Waals surface area contributed by atoms with Crippen molar-refractivity contribution in [3.63, 3.8) is 0 Å². The quantitative estimate of drug-likeness (QED) is 0.486. The van der Waals surface area contributed by atoms with E-state index in [1.165, 1.54) is 0 Å². The van der Waals surface area contributed by atoms with Gasteiger partial charge in [0.15, 0.2) is 0 Å². The van der Waals surface area contributed by atoms with Gasteiger partial charge in [0.1, 0.15) is 6.61 Å². The first-order valence-corrected chi connectivity index (χ1v) is 6.49. The van der Waals surface area contributed by atoms with E-state index in [2.05, 4.69) is 17.2 Å². The number of nitrogens with one attached hydrogen (secondary N) is 1. The molecule has 6 heteroatoms. The van der Waals surface area contributed by atoms with E-state index in [9.17, 15) is 9.59 Å². The maximum Gasteiger partial charge on any atom is 0.251 e. The van der Waals surface area contributed by atoms with Crippen molar-refractivity contribution in [2.24, 2.45) is 11.5 Å². The van der Waals surface area contributed by atoms with Gasteiger partial charge < -0.3 is 21.5 Å². The lowest BCUT2D eigenvalue weighted by Gasteiger charge is -2.09. The second kappa shape index (κ2) is 8.74. The van der Waals surface area contributed by atoms with Gasteiger partial charge in [-0.2, -0.15) is 0 Å². The summed E-state index contributed by atoms with van der Waals surface area (Å²) in [6.45, 7) is 2.47. The third-order valence-corrected chi connectivity index (χ3v) is 2.68. The van der Waals surface area contributed by atoms with Crippen LogP contribution in [-0.4, -0.2) is 38.1 Å². The fourth-order valence-electron chi connectivity index (χ4n) is 1.67. The standard InChI is InChI=1S/C15H19N3O3/c1-11-12(5-3-7-16)4-2-6-13(11)15(20)18-8-9-21-10-14(17)19/h2,4,6H,7-10,16H2,1H3,(H2,17,19)(H,18,20). The predicted molar refractivity (Wildman–Crippen MR) is 79.5 cm³/mol. The van der Waals surface area contributed by atoms with Gasteiger partial charge in [-0.3, -0.25) is 9.59 Å². The molecule has 6 nitrogen and oxygen atoms in total. The molecule has 0 aromatic heterocycles. The van der Waals surface area contributed by atoms with Gasteiger partial charge in [0.05, 0.1) is 13.2 Å². The summed E-state index contributed by atoms with van der Waals surface area (Å²) in [5, 5.41) is 2.71. The van der Waals surface area contributed by atoms with Crippen LogP contribution in [0.5, 0.6) is 0 Å². The van der Waals surface area contributed by atoms with Crippen LogP contribution in [0.3, 0.4) is 0 Å². The van der Waals surface area contributed by atoms with Crippen molar-refractivity contribution in [3.8, 4) is 11.8 Å². The molecule has 2 amide bonds. The van der Waals surface area contributed by atoms with Gasteiger partial charge in [-0.1, -0.05) is 17.9 Å². The van der Waals surface area contributed by atoms with Gasteiger partial charge in [0.25, 0.3) is 5.91 Å². The SMILES string of the molecule is Cc1c(C#CCN)cccc1C(=O)NCCOCC(N)=O. The van der Waals surface area contributed by atoms with Crippen LogP contribution in [0.15, 0.2) is 18.2 Å². The third kappa shape index (κ3) is 5.65. The van der Waals surface area contributed by atoms with Crippen LogP contribution in [0.25, 0.3) is 0 Å². The molecule has 0 atom stereocenters. The number of carbonyl (C=O) groups excluding carboxylic acids is 2. The van der Waals surface area contributed by atoms with Crippen molar-refractivity contribution in [2.75, 3.05) is 26.3 Å². The summed E-state index contributed by atoms with van der Waals surface area (Å²) >= 11 is 0. The second-order valence-electron chi connectivity index (χ2n) is 4.26. The van der Waals surface area contributed by atoms with E-state index in [0.29, 0.717) is 12.1 Å². The van der Waals surface area contributed by atoms with E-state index in [0.717, 1.165) is 11.1 Å². The van der Waals surface area contributed by atoms with Crippen LogP contribution in [0.4, 0.5) is 0 Å². The lowest BCUT2D eigenvalue weighted by atomic mass is 10.0. The molecule has 1 rings (SSSR count). The van der Waals surface area contributed by atoms with Crippen LogP contribution < -0.4 is 16.8 Å². The Morgan fingerprint density at radius 1 is 1.38 bits per heavy atom. The Morgan fingerprint density at radius 2 is 2.14 bits per heavy atom. The highest BCUT2D eigenvalue weighted by atomic mass is 16.5. The number of nitrogens with two attached hydrogens (primary N) is 2. The van der Waals surface area contributed by atoms with Gasteiger partial charge in [-0.25, -0.2) is 0 Å². The summed E-state index contributed by atoms with van der Waals surface area (Å²) in [5.41, 5.74) is 12.4. The lowest BCUT2D eigenvalue weighted by molar-refractivity contribution is -0.122. The first kappa shape index (κ1) is 16.7. The number of carbonyl (C=O) groups is 2. The van der Waals surface area contributed by atoms with E-state index in [-0.39, 0.29) is 25.7 Å². The van der Waals surface area contributed by atoms with Crippen molar-refractivity contribution in [3.05, 3.63) is 34.9 Å². The summed E-state index contributed by atoms with van der Waals surface area (Å²) in [4.78, 5) is 22.5. The first-order chi connectivity index (χ1) is 10.1. The molecule has 0 unspecified atom stereocenters. The van der Waals surface area contributed by atoms with Gasteiger partial charge in [-0.15, -0.1) is 0 Å². The van der Waals surface area contributed by atoms with E-state index < -0.39 is 5.91 Å². The average molecular weight is 289 g/mol. The van der Waals surface area contributed by atoms with Crippen LogP contribution in [-0.2, 0) is 9.53 Å². The summed E-state index contributed by atoms with van der Waals surface area (Å²) in [6, 6.07) is 5.33. The van der Waals surface area contributed by atoms with Crippen LogP contribution in [0.2, 0.25) is 0 Å². The van der Waals surface area contributed by atoms with E-state index in [1.807, 2.05) is 13.0 Å². The highest BCUT2D eigenvalue weighted by Gasteiger charge is 2.10. The van der Waals surface area contributed by atoms with Gasteiger partial charge in [-0.05, 0) is 24.6 Å². The summed E-state index contributed by atoms with van der Waals surface area (Å²) in [5.74, 6) is 4.94. The maximum absolute atomic E-state index is 12.1. The van der Waals surface area contributed by atoms with Gasteiger partial charge in [0.2, 0.25) is 5.91 Å². The van der Waals surface area contributed by atoms with Crippen molar-refractivity contribution < 1.29 is 14.3 Å². The Morgan fingerprint density at radius 3 is 2.81 bits per heavy atom. The number of benzene rings is 1. The average Bonchev–Trinajstić information content (AvgIpc) is 2.45. The van der Waals surface area contributed by atoms with Gasteiger partial charge >= 0.3 is 0 Å². The van der Waals surface area contributed by atoms with E-state index in [1.54, 1.807) is 12.1 Å². The maximum atomic E-state index is 12.1. The molecule has 0 saturated carbocycles. The van der Waals surface area contributed by atoms with E-state index >= 15 is 0 Å². The largest absolute Gasteiger partial charge is 0.370 e. The molecule has 0 bridgehead atoms. The normalized spacial score (nSPS) is 9.62. The highest BCUT2D eigenvalue weighted by molar-refractivity contribution is 5.96. The minimum absolute atomic E-state index is 0.154. The lowest BCUT2D eigenvalue weighted by Crippen LogP contribution is -2.29. The number of rotatable bonds is 6. The van der Waals surface area contributed by atoms with Crippen molar-refractivity contribution >= 4 is 11.8 Å². The van der Waals surface area contributed by atoms with Crippen molar-refractivity contribution in [1.82, 2.24) is 5.32 Å². The summed E-state index contributed by atoms with van der Waals surface area (Å²) < 4.78 is 4.96. The number of hydrogen-bond donors (Lipinski definition) is 3. The molecule has 0 spiro atoms. The molecule has 0 aliphatic carbocycles. The zero-order chi connectivity index (χ0) is 15.7. The molecule has 5 N–H and O–H groups in total. The van der Waals surface area contributed by atoms with Crippen molar-refractivity contribution in [2.45, 2.75) is 6.92 Å².